The van der Waals surface area contributed by atoms with Gasteiger partial charge in [0.2, 0.25) is 0 Å². The topological polar surface area (TPSA) is 29.0 Å². The number of anilines is 1. The van der Waals surface area contributed by atoms with Crippen molar-refractivity contribution in [3.8, 4) is 0 Å². The smallest absolute Gasteiger partial charge is 0.147 e. The van der Waals surface area contributed by atoms with Gasteiger partial charge in [0.1, 0.15) is 12.0 Å². The Labute approximate surface area is 89.3 Å². The second-order valence-electron chi connectivity index (χ2n) is 4.29. The maximum Gasteiger partial charge on any atom is 0.147 e. The first-order valence-corrected chi connectivity index (χ1v) is 5.38. The van der Waals surface area contributed by atoms with Gasteiger partial charge in [-0.15, -0.1) is 0 Å². The molecule has 1 unspecified atom stereocenters. The van der Waals surface area contributed by atoms with E-state index in [2.05, 4.69) is 23.8 Å². The first kappa shape index (κ1) is 10.3. The zero-order valence-corrected chi connectivity index (χ0v) is 9.15. The molecular weight excluding hydrogens is 193 g/mol. The Hall–Kier alpha value is -1.19. The van der Waals surface area contributed by atoms with Crippen LogP contribution in [0.2, 0.25) is 0 Å². The maximum absolute atomic E-state index is 13.0. The molecule has 82 valence electrons. The number of hydrogen-bond donors (Lipinski definition) is 0. The van der Waals surface area contributed by atoms with Crippen molar-refractivity contribution in [2.45, 2.75) is 32.4 Å². The zero-order chi connectivity index (χ0) is 10.8. The fraction of sp³-hybridized carbons (Fsp3) is 0.636. The van der Waals surface area contributed by atoms with Gasteiger partial charge in [-0.3, -0.25) is 4.98 Å². The van der Waals surface area contributed by atoms with Crippen molar-refractivity contribution < 1.29 is 4.39 Å². The lowest BCUT2D eigenvalue weighted by Crippen LogP contribution is -2.21. The summed E-state index contributed by atoms with van der Waals surface area (Å²) < 4.78 is 13.0. The molecule has 0 aliphatic carbocycles. The van der Waals surface area contributed by atoms with E-state index in [0.29, 0.717) is 18.9 Å². The van der Waals surface area contributed by atoms with E-state index in [0.717, 1.165) is 18.1 Å². The molecule has 0 amide bonds. The monoisotopic (exact) mass is 209 g/mol. The van der Waals surface area contributed by atoms with Crippen LogP contribution in [0, 0.1) is 0 Å². The maximum atomic E-state index is 13.0. The van der Waals surface area contributed by atoms with Crippen LogP contribution in [0.1, 0.15) is 31.9 Å². The minimum atomic E-state index is -0.712. The number of rotatable bonds is 2. The van der Waals surface area contributed by atoms with Crippen LogP contribution in [0.5, 0.6) is 0 Å². The average molecular weight is 209 g/mol. The van der Waals surface area contributed by atoms with E-state index in [4.69, 9.17) is 0 Å². The lowest BCUT2D eigenvalue weighted by Gasteiger charge is -2.16. The van der Waals surface area contributed by atoms with Crippen LogP contribution >= 0.6 is 0 Å². The molecule has 0 aromatic carbocycles. The number of hydrogen-bond acceptors (Lipinski definition) is 3. The number of alkyl halides is 1. The highest BCUT2D eigenvalue weighted by atomic mass is 19.1. The van der Waals surface area contributed by atoms with Gasteiger partial charge in [-0.25, -0.2) is 9.37 Å². The Kier molecular flexibility index (Phi) is 2.84. The summed E-state index contributed by atoms with van der Waals surface area (Å²) in [5.74, 6) is 1.18. The molecule has 1 aromatic heterocycles. The summed E-state index contributed by atoms with van der Waals surface area (Å²) in [5, 5.41) is 0. The third-order valence-electron chi connectivity index (χ3n) is 2.70. The molecule has 4 heteroatoms. The second-order valence-corrected chi connectivity index (χ2v) is 4.29. The molecule has 3 nitrogen and oxygen atoms in total. The van der Waals surface area contributed by atoms with Crippen molar-refractivity contribution in [2.24, 2.45) is 0 Å². The molecule has 0 radical (unpaired) electrons. The van der Waals surface area contributed by atoms with Crippen molar-refractivity contribution in [2.75, 3.05) is 18.0 Å². The van der Waals surface area contributed by atoms with Crippen LogP contribution < -0.4 is 4.90 Å². The van der Waals surface area contributed by atoms with Gasteiger partial charge in [-0.1, -0.05) is 13.8 Å². The third-order valence-corrected chi connectivity index (χ3v) is 2.70. The molecule has 15 heavy (non-hydrogen) atoms. The summed E-state index contributed by atoms with van der Waals surface area (Å²) in [5.41, 5.74) is 0.981. The fourth-order valence-corrected chi connectivity index (χ4v) is 1.72. The van der Waals surface area contributed by atoms with Gasteiger partial charge in [-0.05, 0) is 12.3 Å². The van der Waals surface area contributed by atoms with E-state index < -0.39 is 6.17 Å². The van der Waals surface area contributed by atoms with Gasteiger partial charge >= 0.3 is 0 Å². The van der Waals surface area contributed by atoms with Gasteiger partial charge < -0.3 is 4.90 Å². The summed E-state index contributed by atoms with van der Waals surface area (Å²) in [6.45, 7) is 5.36. The van der Waals surface area contributed by atoms with Crippen molar-refractivity contribution in [3.05, 3.63) is 18.1 Å². The minimum Gasteiger partial charge on any atom is -0.352 e. The quantitative estimate of drug-likeness (QED) is 0.747. The Morgan fingerprint density at radius 3 is 2.67 bits per heavy atom. The highest BCUT2D eigenvalue weighted by molar-refractivity contribution is 5.37. The highest BCUT2D eigenvalue weighted by Crippen LogP contribution is 2.20. The third kappa shape index (κ3) is 2.25. The molecule has 1 atom stereocenters. The minimum absolute atomic E-state index is 0.388. The fourth-order valence-electron chi connectivity index (χ4n) is 1.72. The normalized spacial score (nSPS) is 21.3. The van der Waals surface area contributed by atoms with E-state index in [1.807, 2.05) is 4.90 Å². The number of nitrogens with zero attached hydrogens (tertiary/aromatic N) is 3. The van der Waals surface area contributed by atoms with E-state index >= 15 is 0 Å². The SMILES string of the molecule is CC(C)c1cnc(N2CCC(F)C2)cn1. The number of halogens is 1. The van der Waals surface area contributed by atoms with Crippen molar-refractivity contribution in [1.82, 2.24) is 9.97 Å². The molecule has 0 spiro atoms. The number of aromatic nitrogens is 2. The van der Waals surface area contributed by atoms with Crippen LogP contribution in [-0.4, -0.2) is 29.2 Å². The highest BCUT2D eigenvalue weighted by Gasteiger charge is 2.22. The second kappa shape index (κ2) is 4.13. The molecule has 1 saturated heterocycles. The van der Waals surface area contributed by atoms with Crippen LogP contribution in [0.25, 0.3) is 0 Å². The van der Waals surface area contributed by atoms with Gasteiger partial charge in [0.15, 0.2) is 0 Å². The van der Waals surface area contributed by atoms with Crippen molar-refractivity contribution >= 4 is 5.82 Å². The van der Waals surface area contributed by atoms with Crippen LogP contribution in [0.4, 0.5) is 10.2 Å². The Bertz CT molecular complexity index is 323. The summed E-state index contributed by atoms with van der Waals surface area (Å²) in [7, 11) is 0. The van der Waals surface area contributed by atoms with Gasteiger partial charge in [-0.2, -0.15) is 0 Å². The Morgan fingerprint density at radius 2 is 2.20 bits per heavy atom. The molecule has 1 fully saturated rings. The standard InChI is InChI=1S/C11H16FN3/c1-8(2)10-5-14-11(6-13-10)15-4-3-9(12)7-15/h5-6,8-9H,3-4,7H2,1-2H3. The first-order chi connectivity index (χ1) is 7.16. The Morgan fingerprint density at radius 1 is 1.40 bits per heavy atom. The van der Waals surface area contributed by atoms with Crippen LogP contribution in [0.3, 0.4) is 0 Å². The van der Waals surface area contributed by atoms with Gasteiger partial charge in [0.05, 0.1) is 24.6 Å². The summed E-state index contributed by atoms with van der Waals surface area (Å²) in [6, 6.07) is 0. The molecule has 0 saturated carbocycles. The molecule has 1 aliphatic heterocycles. The zero-order valence-electron chi connectivity index (χ0n) is 9.15. The lowest BCUT2D eigenvalue weighted by atomic mass is 10.1. The molecule has 1 aliphatic rings. The molecule has 1 aromatic rings. The van der Waals surface area contributed by atoms with Crippen molar-refractivity contribution in [1.29, 1.82) is 0 Å². The van der Waals surface area contributed by atoms with E-state index in [1.165, 1.54) is 0 Å². The molecule has 2 rings (SSSR count). The molecule has 2 heterocycles. The molecule has 0 N–H and O–H groups in total. The van der Waals surface area contributed by atoms with E-state index in [1.54, 1.807) is 12.4 Å². The van der Waals surface area contributed by atoms with Gasteiger partial charge in [0.25, 0.3) is 0 Å². The Balaban J connectivity index is 2.10. The predicted molar refractivity (Wildman–Crippen MR) is 57.8 cm³/mol. The van der Waals surface area contributed by atoms with Crippen LogP contribution in [-0.2, 0) is 0 Å². The average Bonchev–Trinajstić information content (AvgIpc) is 2.65. The van der Waals surface area contributed by atoms with Gasteiger partial charge in [0, 0.05) is 6.54 Å². The largest absolute Gasteiger partial charge is 0.352 e. The van der Waals surface area contributed by atoms with Crippen molar-refractivity contribution in [3.63, 3.8) is 0 Å². The molecule has 0 bridgehead atoms. The van der Waals surface area contributed by atoms with Crippen LogP contribution in [0.15, 0.2) is 12.4 Å². The van der Waals surface area contributed by atoms with E-state index in [9.17, 15) is 4.39 Å². The first-order valence-electron chi connectivity index (χ1n) is 5.38. The summed E-state index contributed by atoms with van der Waals surface area (Å²) >= 11 is 0. The van der Waals surface area contributed by atoms with E-state index in [-0.39, 0.29) is 0 Å². The molecular formula is C11H16FN3. The predicted octanol–water partition coefficient (Wildman–Crippen LogP) is 2.15. The summed E-state index contributed by atoms with van der Waals surface area (Å²) in [4.78, 5) is 10.6. The summed E-state index contributed by atoms with van der Waals surface area (Å²) in [6.07, 6.45) is 3.42. The lowest BCUT2D eigenvalue weighted by molar-refractivity contribution is 0.364.